The van der Waals surface area contributed by atoms with Crippen molar-refractivity contribution in [2.24, 2.45) is 0 Å². The summed E-state index contributed by atoms with van der Waals surface area (Å²) in [4.78, 5) is 25.3. The second-order valence-corrected chi connectivity index (χ2v) is 1.55. The number of carbonyl (C=O) groups excluding carboxylic acids is 1. The molecule has 0 radical (unpaired) electrons. The van der Waals surface area contributed by atoms with Gasteiger partial charge in [-0.1, -0.05) is 4.99 Å². The normalized spacial score (nSPS) is 10.6. The zero-order valence-electron chi connectivity index (χ0n) is 5.33. The average Bonchev–Trinajstić information content (AvgIpc) is 1.79. The van der Waals surface area contributed by atoms with Crippen LogP contribution in [-0.2, 0) is 14.7 Å². The van der Waals surface area contributed by atoms with E-state index in [0.29, 0.717) is 0 Å². The molecule has 0 saturated carbocycles. The summed E-state index contributed by atoms with van der Waals surface area (Å²) in [5.41, 5.74) is 0. The average molecular weight is 189 g/mol. The van der Waals surface area contributed by atoms with Crippen molar-refractivity contribution in [1.82, 2.24) is 0 Å². The van der Waals surface area contributed by atoms with E-state index in [0.717, 1.165) is 0 Å². The topological polar surface area (TPSA) is 78.7 Å². The molecule has 0 heterocycles. The highest BCUT2D eigenvalue weighted by Gasteiger charge is 2.33. The highest BCUT2D eigenvalue weighted by atomic mass is 19.4. The van der Waals surface area contributed by atoms with Gasteiger partial charge in [-0.25, -0.2) is 4.79 Å². The maximum atomic E-state index is 11.3. The van der Waals surface area contributed by atoms with Gasteiger partial charge < -0.3 is 0 Å². The molecule has 0 aromatic carbocycles. The van der Waals surface area contributed by atoms with Crippen LogP contribution in [0.5, 0.6) is 0 Å². The van der Waals surface area contributed by atoms with Crippen LogP contribution in [0.1, 0.15) is 6.42 Å². The summed E-state index contributed by atoms with van der Waals surface area (Å²) in [6.45, 7) is 0. The van der Waals surface area contributed by atoms with Gasteiger partial charge in [-0.2, -0.15) is 13.2 Å². The number of alkyl halides is 3. The monoisotopic (exact) mass is 189 g/mol. The molecule has 0 atom stereocenters. The Bertz CT molecular complexity index is 189. The highest BCUT2D eigenvalue weighted by Crippen LogP contribution is 2.19. The van der Waals surface area contributed by atoms with Gasteiger partial charge in [0, 0.05) is 0 Å². The SMILES string of the molecule is O=C(CC(F)(F)F)OO[N+](=O)[O-]. The van der Waals surface area contributed by atoms with Crippen LogP contribution in [0.15, 0.2) is 0 Å². The fourth-order valence-corrected chi connectivity index (χ4v) is 0.265. The number of rotatable bonds is 3. The second kappa shape index (κ2) is 3.74. The molecular formula is C3H2F3NO5. The number of carbonyl (C=O) groups is 1. The number of hydrogen-bond acceptors (Lipinski definition) is 5. The molecule has 9 heteroatoms. The Kier molecular flexibility index (Phi) is 3.26. The minimum absolute atomic E-state index is 1.55. The van der Waals surface area contributed by atoms with Crippen LogP contribution in [0.25, 0.3) is 0 Å². The Hall–Kier alpha value is -1.54. The summed E-state index contributed by atoms with van der Waals surface area (Å²) in [6, 6.07) is 0. The molecule has 6 nitrogen and oxygen atoms in total. The van der Waals surface area contributed by atoms with E-state index >= 15 is 0 Å². The largest absolute Gasteiger partial charge is 0.399 e. The van der Waals surface area contributed by atoms with Gasteiger partial charge in [-0.15, -0.1) is 10.1 Å². The van der Waals surface area contributed by atoms with Crippen molar-refractivity contribution in [2.45, 2.75) is 12.6 Å². The van der Waals surface area contributed by atoms with E-state index in [1.165, 1.54) is 0 Å². The molecule has 0 aliphatic carbocycles. The molecule has 0 unspecified atom stereocenters. The summed E-state index contributed by atoms with van der Waals surface area (Å²) in [6.07, 6.45) is -6.70. The van der Waals surface area contributed by atoms with E-state index < -0.39 is 23.7 Å². The molecule has 0 spiro atoms. The van der Waals surface area contributed by atoms with Gasteiger partial charge in [0.25, 0.3) is 0 Å². The smallest absolute Gasteiger partial charge is 0.260 e. The van der Waals surface area contributed by atoms with E-state index in [1.54, 1.807) is 0 Å². The molecule has 70 valence electrons. The van der Waals surface area contributed by atoms with Crippen molar-refractivity contribution in [3.05, 3.63) is 10.1 Å². The van der Waals surface area contributed by atoms with E-state index in [2.05, 4.69) is 9.88 Å². The van der Waals surface area contributed by atoms with Crippen molar-refractivity contribution in [1.29, 1.82) is 0 Å². The van der Waals surface area contributed by atoms with Crippen LogP contribution in [0.3, 0.4) is 0 Å². The van der Waals surface area contributed by atoms with Crippen LogP contribution in [0, 0.1) is 10.1 Å². The quantitative estimate of drug-likeness (QED) is 0.369. The number of nitrogens with zero attached hydrogens (tertiary/aromatic N) is 1. The first-order chi connectivity index (χ1) is 5.31. The Labute approximate surface area is 62.9 Å². The van der Waals surface area contributed by atoms with Gasteiger partial charge >= 0.3 is 17.2 Å². The Morgan fingerprint density at radius 2 is 2.00 bits per heavy atom. The first-order valence-corrected chi connectivity index (χ1v) is 2.40. The lowest BCUT2D eigenvalue weighted by molar-refractivity contribution is -0.839. The van der Waals surface area contributed by atoms with Crippen LogP contribution in [0.4, 0.5) is 13.2 Å². The molecule has 0 aliphatic rings. The lowest BCUT2D eigenvalue weighted by Crippen LogP contribution is -2.18. The summed E-state index contributed by atoms with van der Waals surface area (Å²) >= 11 is 0. The third-order valence-electron chi connectivity index (χ3n) is 0.536. The molecule has 0 amide bonds. The van der Waals surface area contributed by atoms with Gasteiger partial charge in [0.05, 0.1) is 0 Å². The fourth-order valence-electron chi connectivity index (χ4n) is 0.265. The van der Waals surface area contributed by atoms with Gasteiger partial charge in [0.15, 0.2) is 0 Å². The number of hydrogen-bond donors (Lipinski definition) is 0. The zero-order valence-corrected chi connectivity index (χ0v) is 5.33. The molecule has 0 aromatic rings. The molecule has 12 heavy (non-hydrogen) atoms. The first-order valence-electron chi connectivity index (χ1n) is 2.40. The van der Waals surface area contributed by atoms with Crippen molar-refractivity contribution in [2.75, 3.05) is 0 Å². The van der Waals surface area contributed by atoms with Crippen molar-refractivity contribution >= 4 is 5.97 Å². The fraction of sp³-hybridized carbons (Fsp3) is 0.667. The minimum atomic E-state index is -4.77. The Morgan fingerprint density at radius 1 is 1.50 bits per heavy atom. The summed E-state index contributed by atoms with van der Waals surface area (Å²) in [5, 5.41) is 7.75. The molecule has 0 bridgehead atoms. The molecule has 0 N–H and O–H groups in total. The molecule has 0 aliphatic heterocycles. The maximum absolute atomic E-state index is 11.3. The second-order valence-electron chi connectivity index (χ2n) is 1.55. The highest BCUT2D eigenvalue weighted by molar-refractivity contribution is 5.69. The van der Waals surface area contributed by atoms with Gasteiger partial charge in [0.1, 0.15) is 6.42 Å². The van der Waals surface area contributed by atoms with Gasteiger partial charge in [-0.3, -0.25) is 4.89 Å². The minimum Gasteiger partial charge on any atom is -0.260 e. The van der Waals surface area contributed by atoms with Crippen LogP contribution in [0.2, 0.25) is 0 Å². The van der Waals surface area contributed by atoms with Gasteiger partial charge in [0.2, 0.25) is 0 Å². The summed E-state index contributed by atoms with van der Waals surface area (Å²) in [5.74, 6) is -1.88. The van der Waals surface area contributed by atoms with Gasteiger partial charge in [-0.05, 0) is 0 Å². The van der Waals surface area contributed by atoms with Crippen molar-refractivity contribution in [3.8, 4) is 0 Å². The van der Waals surface area contributed by atoms with Crippen molar-refractivity contribution in [3.63, 3.8) is 0 Å². The van der Waals surface area contributed by atoms with E-state index in [9.17, 15) is 28.1 Å². The maximum Gasteiger partial charge on any atom is 0.399 e. The Morgan fingerprint density at radius 3 is 2.33 bits per heavy atom. The number of halogens is 3. The standard InChI is InChI=1S/C3H2F3NO5/c4-3(5,6)1-2(8)11-12-7(9)10/h1H2. The summed E-state index contributed by atoms with van der Waals surface area (Å²) < 4.78 is 33.9. The van der Waals surface area contributed by atoms with E-state index in [-0.39, 0.29) is 0 Å². The first kappa shape index (κ1) is 10.5. The molecule has 0 aromatic heterocycles. The summed E-state index contributed by atoms with van der Waals surface area (Å²) in [7, 11) is 0. The predicted octanol–water partition coefficient (Wildman–Crippen LogP) is 0.605. The predicted molar refractivity (Wildman–Crippen MR) is 24.8 cm³/mol. The molecule has 0 saturated heterocycles. The van der Waals surface area contributed by atoms with E-state index in [1.807, 2.05) is 0 Å². The third kappa shape index (κ3) is 6.58. The lowest BCUT2D eigenvalue weighted by atomic mass is 10.4. The lowest BCUT2D eigenvalue weighted by Gasteiger charge is -2.02. The molecular weight excluding hydrogens is 187 g/mol. The van der Waals surface area contributed by atoms with Crippen LogP contribution >= 0.6 is 0 Å². The Balaban J connectivity index is 3.68. The van der Waals surface area contributed by atoms with Crippen molar-refractivity contribution < 1.29 is 32.9 Å². The van der Waals surface area contributed by atoms with E-state index in [4.69, 9.17) is 0 Å². The molecule has 0 rings (SSSR count). The zero-order chi connectivity index (χ0) is 9.78. The van der Waals surface area contributed by atoms with Crippen LogP contribution in [-0.4, -0.2) is 17.2 Å². The molecule has 0 fully saturated rings. The third-order valence-corrected chi connectivity index (χ3v) is 0.536. The van der Waals surface area contributed by atoms with Crippen LogP contribution < -0.4 is 0 Å².